The van der Waals surface area contributed by atoms with Gasteiger partial charge < -0.3 is 10.1 Å². The topological polar surface area (TPSA) is 113 Å². The lowest BCUT2D eigenvalue weighted by Crippen LogP contribution is -2.42. The van der Waals surface area contributed by atoms with Crippen LogP contribution in [-0.2, 0) is 24.8 Å². The molecule has 4 rings (SSSR count). The van der Waals surface area contributed by atoms with Gasteiger partial charge in [-0.3, -0.25) is 9.10 Å². The molecule has 11 heteroatoms. The summed E-state index contributed by atoms with van der Waals surface area (Å²) < 4.78 is 60.6. The van der Waals surface area contributed by atoms with Crippen LogP contribution in [0.1, 0.15) is 24.0 Å². The first-order chi connectivity index (χ1) is 18.6. The quantitative estimate of drug-likeness (QED) is 0.353. The number of hydrogen-bond acceptors (Lipinski definition) is 6. The van der Waals surface area contributed by atoms with Gasteiger partial charge in [0, 0.05) is 13.1 Å². The highest BCUT2D eigenvalue weighted by atomic mass is 32.2. The zero-order valence-corrected chi connectivity index (χ0v) is 23.7. The highest BCUT2D eigenvalue weighted by Gasteiger charge is 2.29. The second kappa shape index (κ2) is 12.2. The summed E-state index contributed by atoms with van der Waals surface area (Å²) >= 11 is 0. The van der Waals surface area contributed by atoms with E-state index in [0.717, 1.165) is 28.3 Å². The zero-order valence-electron chi connectivity index (χ0n) is 22.0. The van der Waals surface area contributed by atoms with E-state index in [9.17, 15) is 21.6 Å². The third kappa shape index (κ3) is 6.60. The largest absolute Gasteiger partial charge is 0.492 e. The molecule has 0 aromatic heterocycles. The van der Waals surface area contributed by atoms with Crippen molar-refractivity contribution >= 4 is 31.6 Å². The molecule has 9 nitrogen and oxygen atoms in total. The standard InChI is InChI=1S/C28H33N3O6S2/c1-22-9-8-12-27(23(22)2)31(39(35,36)25-10-4-3-5-11-25)21-28(32)29-17-20-37-24-13-15-26(16-14-24)38(33,34)30-18-6-7-19-30/h3-5,8-16H,6-7,17-21H2,1-2H3,(H,29,32). The first-order valence-corrected chi connectivity index (χ1v) is 15.6. The number of sulfonamides is 2. The Morgan fingerprint density at radius 2 is 1.54 bits per heavy atom. The summed E-state index contributed by atoms with van der Waals surface area (Å²) in [7, 11) is -7.49. The van der Waals surface area contributed by atoms with Crippen molar-refractivity contribution < 1.29 is 26.4 Å². The Bertz CT molecular complexity index is 1500. The fourth-order valence-electron chi connectivity index (χ4n) is 4.36. The van der Waals surface area contributed by atoms with Gasteiger partial charge in [0.05, 0.1) is 22.0 Å². The number of hydrogen-bond donors (Lipinski definition) is 1. The number of carbonyl (C=O) groups is 1. The zero-order chi connectivity index (χ0) is 28.0. The lowest BCUT2D eigenvalue weighted by atomic mass is 10.1. The molecule has 1 amide bonds. The van der Waals surface area contributed by atoms with E-state index in [1.54, 1.807) is 42.5 Å². The molecule has 1 aliphatic heterocycles. The van der Waals surface area contributed by atoms with Crippen LogP contribution in [0.2, 0.25) is 0 Å². The summed E-state index contributed by atoms with van der Waals surface area (Å²) in [4.78, 5) is 13.2. The molecule has 0 spiro atoms. The number of rotatable bonds is 11. The average molecular weight is 572 g/mol. The number of nitrogens with zero attached hydrogens (tertiary/aromatic N) is 2. The molecule has 3 aromatic carbocycles. The van der Waals surface area contributed by atoms with Crippen LogP contribution < -0.4 is 14.4 Å². The van der Waals surface area contributed by atoms with Crippen LogP contribution in [0.25, 0.3) is 0 Å². The first-order valence-electron chi connectivity index (χ1n) is 12.7. The van der Waals surface area contributed by atoms with Crippen LogP contribution in [0.4, 0.5) is 5.69 Å². The number of amides is 1. The normalized spacial score (nSPS) is 14.2. The molecule has 0 bridgehead atoms. The van der Waals surface area contributed by atoms with E-state index >= 15 is 0 Å². The number of ether oxygens (including phenoxy) is 1. The second-order valence-corrected chi connectivity index (χ2v) is 13.1. The second-order valence-electron chi connectivity index (χ2n) is 9.32. The van der Waals surface area contributed by atoms with Crippen molar-refractivity contribution in [3.8, 4) is 5.75 Å². The molecule has 1 fully saturated rings. The lowest BCUT2D eigenvalue weighted by Gasteiger charge is -2.26. The predicted octanol–water partition coefficient (Wildman–Crippen LogP) is 3.48. The summed E-state index contributed by atoms with van der Waals surface area (Å²) in [6.07, 6.45) is 1.74. The summed E-state index contributed by atoms with van der Waals surface area (Å²) in [6, 6.07) is 19.5. The molecular formula is C28H33N3O6S2. The molecule has 208 valence electrons. The highest BCUT2D eigenvalue weighted by Crippen LogP contribution is 2.28. The van der Waals surface area contributed by atoms with E-state index in [0.29, 0.717) is 24.5 Å². The number of anilines is 1. The number of aryl methyl sites for hydroxylation is 1. The lowest BCUT2D eigenvalue weighted by molar-refractivity contribution is -0.119. The van der Waals surface area contributed by atoms with Crippen LogP contribution in [-0.4, -0.2) is 59.8 Å². The van der Waals surface area contributed by atoms with Crippen LogP contribution >= 0.6 is 0 Å². The van der Waals surface area contributed by atoms with E-state index in [4.69, 9.17) is 4.74 Å². The van der Waals surface area contributed by atoms with Gasteiger partial charge in [0.2, 0.25) is 15.9 Å². The Kier molecular flexibility index (Phi) is 8.94. The van der Waals surface area contributed by atoms with Gasteiger partial charge in [0.25, 0.3) is 10.0 Å². The predicted molar refractivity (Wildman–Crippen MR) is 150 cm³/mol. The van der Waals surface area contributed by atoms with E-state index in [-0.39, 0.29) is 22.9 Å². The van der Waals surface area contributed by atoms with Crippen LogP contribution in [0.15, 0.2) is 82.6 Å². The Hall–Kier alpha value is -3.41. The number of carbonyl (C=O) groups excluding carboxylic acids is 1. The molecule has 39 heavy (non-hydrogen) atoms. The molecule has 0 unspecified atom stereocenters. The van der Waals surface area contributed by atoms with Gasteiger partial charge in [0.15, 0.2) is 0 Å². The maximum Gasteiger partial charge on any atom is 0.264 e. The smallest absolute Gasteiger partial charge is 0.264 e. The molecule has 0 radical (unpaired) electrons. The van der Waals surface area contributed by atoms with Crippen molar-refractivity contribution in [1.29, 1.82) is 0 Å². The minimum absolute atomic E-state index is 0.0947. The SMILES string of the molecule is Cc1cccc(N(CC(=O)NCCOc2ccc(S(=O)(=O)N3CCCC3)cc2)S(=O)(=O)c2ccccc2)c1C. The van der Waals surface area contributed by atoms with Gasteiger partial charge in [-0.1, -0.05) is 30.3 Å². The van der Waals surface area contributed by atoms with Gasteiger partial charge in [-0.25, -0.2) is 16.8 Å². The molecule has 0 saturated carbocycles. The average Bonchev–Trinajstić information content (AvgIpc) is 3.49. The summed E-state index contributed by atoms with van der Waals surface area (Å²) in [5.74, 6) is -0.0145. The fraction of sp³-hybridized carbons (Fsp3) is 0.321. The van der Waals surface area contributed by atoms with E-state index in [1.165, 1.54) is 28.6 Å². The Morgan fingerprint density at radius 3 is 2.21 bits per heavy atom. The molecule has 1 N–H and O–H groups in total. The van der Waals surface area contributed by atoms with E-state index < -0.39 is 32.5 Å². The van der Waals surface area contributed by atoms with E-state index in [1.807, 2.05) is 19.9 Å². The van der Waals surface area contributed by atoms with Crippen LogP contribution in [0, 0.1) is 13.8 Å². The monoisotopic (exact) mass is 571 g/mol. The van der Waals surface area contributed by atoms with Gasteiger partial charge in [0.1, 0.15) is 18.9 Å². The molecule has 1 saturated heterocycles. The van der Waals surface area contributed by atoms with Crippen molar-refractivity contribution in [2.45, 2.75) is 36.5 Å². The third-order valence-corrected chi connectivity index (χ3v) is 10.4. The van der Waals surface area contributed by atoms with Crippen molar-refractivity contribution in [2.24, 2.45) is 0 Å². The van der Waals surface area contributed by atoms with Gasteiger partial charge in [-0.2, -0.15) is 4.31 Å². The van der Waals surface area contributed by atoms with Gasteiger partial charge >= 0.3 is 0 Å². The van der Waals surface area contributed by atoms with Crippen molar-refractivity contribution in [3.63, 3.8) is 0 Å². The van der Waals surface area contributed by atoms with Crippen LogP contribution in [0.5, 0.6) is 5.75 Å². The molecule has 0 atom stereocenters. The molecular weight excluding hydrogens is 538 g/mol. The highest BCUT2D eigenvalue weighted by molar-refractivity contribution is 7.92. The minimum atomic E-state index is -4.00. The Labute approximate surface area is 230 Å². The summed E-state index contributed by atoms with van der Waals surface area (Å²) in [5, 5.41) is 2.71. The Balaban J connectivity index is 1.37. The summed E-state index contributed by atoms with van der Waals surface area (Å²) in [5.41, 5.74) is 2.12. The van der Waals surface area contributed by atoms with Gasteiger partial charge in [-0.05, 0) is 80.3 Å². The maximum atomic E-state index is 13.5. The van der Waals surface area contributed by atoms with E-state index in [2.05, 4.69) is 5.32 Å². The molecule has 3 aromatic rings. The molecule has 1 aliphatic rings. The van der Waals surface area contributed by atoms with Crippen LogP contribution in [0.3, 0.4) is 0 Å². The summed E-state index contributed by atoms with van der Waals surface area (Å²) in [6.45, 7) is 4.65. The number of benzene rings is 3. The Morgan fingerprint density at radius 1 is 0.872 bits per heavy atom. The molecule has 0 aliphatic carbocycles. The first kappa shape index (κ1) is 28.6. The fourth-order valence-corrected chi connectivity index (χ4v) is 7.37. The number of nitrogens with one attached hydrogen (secondary N) is 1. The van der Waals surface area contributed by atoms with Crippen molar-refractivity contribution in [2.75, 3.05) is 37.1 Å². The van der Waals surface area contributed by atoms with Crippen molar-refractivity contribution in [3.05, 3.63) is 83.9 Å². The van der Waals surface area contributed by atoms with Crippen molar-refractivity contribution in [1.82, 2.24) is 9.62 Å². The minimum Gasteiger partial charge on any atom is -0.492 e. The maximum absolute atomic E-state index is 13.5. The molecule has 1 heterocycles. The van der Waals surface area contributed by atoms with Gasteiger partial charge in [-0.15, -0.1) is 0 Å². The third-order valence-electron chi connectivity index (χ3n) is 6.68.